The van der Waals surface area contributed by atoms with E-state index >= 15 is 0 Å². The standard InChI is InChI=1S/C18H18N2O2S3/c21-17(13-7-3-1-4-8-13)19-11-15-23-16(25-24-15)12-20-18(22)14-9-5-2-6-10-14/h1-10,15-16H,11-12H2,(H,19,21)(H,20,22). The van der Waals surface area contributed by atoms with E-state index in [1.54, 1.807) is 57.6 Å². The van der Waals surface area contributed by atoms with Gasteiger partial charge >= 0.3 is 0 Å². The lowest BCUT2D eigenvalue weighted by Crippen LogP contribution is -2.30. The molecular formula is C18H18N2O2S3. The number of hydrogen-bond donors (Lipinski definition) is 2. The molecule has 0 aliphatic carbocycles. The molecule has 2 unspecified atom stereocenters. The predicted octanol–water partition coefficient (Wildman–Crippen LogP) is 3.63. The molecular weight excluding hydrogens is 372 g/mol. The van der Waals surface area contributed by atoms with Gasteiger partial charge in [-0.05, 0) is 24.3 Å². The smallest absolute Gasteiger partial charge is 0.251 e. The Balaban J connectivity index is 1.39. The van der Waals surface area contributed by atoms with Crippen LogP contribution in [0, 0.1) is 0 Å². The average Bonchev–Trinajstić information content (AvgIpc) is 3.13. The number of carbonyl (C=O) groups is 2. The van der Waals surface area contributed by atoms with E-state index in [1.807, 2.05) is 36.4 Å². The van der Waals surface area contributed by atoms with Gasteiger partial charge in [-0.25, -0.2) is 0 Å². The van der Waals surface area contributed by atoms with Crippen molar-refractivity contribution in [1.29, 1.82) is 0 Å². The van der Waals surface area contributed by atoms with Crippen LogP contribution in [0.2, 0.25) is 0 Å². The second-order valence-corrected chi connectivity index (χ2v) is 10.0. The quantitative estimate of drug-likeness (QED) is 0.738. The molecule has 3 rings (SSSR count). The number of hydrogen-bond acceptors (Lipinski definition) is 5. The van der Waals surface area contributed by atoms with E-state index in [0.29, 0.717) is 24.2 Å². The van der Waals surface area contributed by atoms with E-state index in [-0.39, 0.29) is 21.0 Å². The second kappa shape index (κ2) is 9.22. The zero-order valence-corrected chi connectivity index (χ0v) is 15.8. The number of amides is 2. The molecule has 130 valence electrons. The SMILES string of the molecule is O=C(NCC1SSC(CNC(=O)c2ccccc2)S1)c1ccccc1. The highest BCUT2D eigenvalue weighted by Crippen LogP contribution is 2.50. The molecule has 1 fully saturated rings. The van der Waals surface area contributed by atoms with Gasteiger partial charge in [-0.3, -0.25) is 9.59 Å². The van der Waals surface area contributed by atoms with Crippen LogP contribution in [-0.4, -0.2) is 34.1 Å². The summed E-state index contributed by atoms with van der Waals surface area (Å²) in [6.45, 7) is 1.22. The molecule has 1 heterocycles. The van der Waals surface area contributed by atoms with Crippen LogP contribution in [0.15, 0.2) is 60.7 Å². The van der Waals surface area contributed by atoms with Crippen molar-refractivity contribution in [2.75, 3.05) is 13.1 Å². The molecule has 0 aromatic heterocycles. The molecule has 0 bridgehead atoms. The molecule has 0 spiro atoms. The summed E-state index contributed by atoms with van der Waals surface area (Å²) >= 11 is 1.78. The Labute approximate surface area is 159 Å². The number of carbonyl (C=O) groups excluding carboxylic acids is 2. The van der Waals surface area contributed by atoms with Gasteiger partial charge in [0.25, 0.3) is 11.8 Å². The fraction of sp³-hybridized carbons (Fsp3) is 0.222. The largest absolute Gasteiger partial charge is 0.350 e. The highest BCUT2D eigenvalue weighted by Gasteiger charge is 2.27. The predicted molar refractivity (Wildman–Crippen MR) is 108 cm³/mol. The molecule has 1 aliphatic heterocycles. The second-order valence-electron chi connectivity index (χ2n) is 5.34. The normalized spacial score (nSPS) is 19.4. The van der Waals surface area contributed by atoms with E-state index < -0.39 is 0 Å². The number of rotatable bonds is 6. The lowest BCUT2D eigenvalue weighted by atomic mass is 10.2. The van der Waals surface area contributed by atoms with Crippen LogP contribution in [0.4, 0.5) is 0 Å². The first-order valence-electron chi connectivity index (χ1n) is 7.86. The monoisotopic (exact) mass is 390 g/mol. The van der Waals surface area contributed by atoms with Gasteiger partial charge in [0.1, 0.15) is 0 Å². The summed E-state index contributed by atoms with van der Waals surface area (Å²) in [4.78, 5) is 24.1. The van der Waals surface area contributed by atoms with Crippen molar-refractivity contribution in [2.24, 2.45) is 0 Å². The van der Waals surface area contributed by atoms with Gasteiger partial charge in [0.15, 0.2) is 0 Å². The van der Waals surface area contributed by atoms with Crippen LogP contribution >= 0.6 is 33.3 Å². The molecule has 2 aromatic rings. The van der Waals surface area contributed by atoms with Crippen molar-refractivity contribution in [1.82, 2.24) is 10.6 Å². The first-order chi connectivity index (χ1) is 12.2. The molecule has 1 aliphatic rings. The lowest BCUT2D eigenvalue weighted by Gasteiger charge is -2.11. The Morgan fingerprint density at radius 1 is 0.720 bits per heavy atom. The third-order valence-corrected chi connectivity index (χ3v) is 9.02. The molecule has 0 radical (unpaired) electrons. The minimum Gasteiger partial charge on any atom is -0.350 e. The molecule has 25 heavy (non-hydrogen) atoms. The Bertz CT molecular complexity index is 651. The Hall–Kier alpha value is -1.57. The average molecular weight is 391 g/mol. The maximum Gasteiger partial charge on any atom is 0.251 e. The third kappa shape index (κ3) is 5.45. The van der Waals surface area contributed by atoms with Crippen molar-refractivity contribution < 1.29 is 9.59 Å². The van der Waals surface area contributed by atoms with Crippen molar-refractivity contribution in [2.45, 2.75) is 9.16 Å². The molecule has 2 N–H and O–H groups in total. The van der Waals surface area contributed by atoms with E-state index in [9.17, 15) is 9.59 Å². The maximum atomic E-state index is 12.1. The van der Waals surface area contributed by atoms with Crippen molar-refractivity contribution in [3.63, 3.8) is 0 Å². The zero-order valence-electron chi connectivity index (χ0n) is 13.4. The third-order valence-electron chi connectivity index (χ3n) is 3.50. The van der Waals surface area contributed by atoms with Gasteiger partial charge < -0.3 is 10.6 Å². The number of nitrogens with one attached hydrogen (secondary N) is 2. The fourth-order valence-electron chi connectivity index (χ4n) is 2.24. The topological polar surface area (TPSA) is 58.2 Å². The summed E-state index contributed by atoms with van der Waals surface area (Å²) in [5.74, 6) is -0.0970. The first kappa shape index (κ1) is 18.2. The minimum atomic E-state index is -0.0485. The summed E-state index contributed by atoms with van der Waals surface area (Å²) in [5, 5.41) is 5.94. The van der Waals surface area contributed by atoms with Gasteiger partial charge in [0.05, 0.1) is 9.16 Å². The Morgan fingerprint density at radius 3 is 1.52 bits per heavy atom. The van der Waals surface area contributed by atoms with Gasteiger partial charge in [0.2, 0.25) is 0 Å². The number of benzene rings is 2. The van der Waals surface area contributed by atoms with Crippen LogP contribution in [0.25, 0.3) is 0 Å². The van der Waals surface area contributed by atoms with E-state index in [4.69, 9.17) is 0 Å². The van der Waals surface area contributed by atoms with Crippen molar-refractivity contribution in [3.05, 3.63) is 71.8 Å². The Morgan fingerprint density at radius 2 is 1.12 bits per heavy atom. The van der Waals surface area contributed by atoms with Gasteiger partial charge in [-0.15, -0.1) is 11.8 Å². The minimum absolute atomic E-state index is 0.0485. The van der Waals surface area contributed by atoms with Crippen LogP contribution in [-0.2, 0) is 0 Å². The van der Waals surface area contributed by atoms with Crippen LogP contribution in [0.5, 0.6) is 0 Å². The van der Waals surface area contributed by atoms with Crippen LogP contribution in [0.1, 0.15) is 20.7 Å². The summed E-state index contributed by atoms with van der Waals surface area (Å²) in [6, 6.07) is 18.4. The highest BCUT2D eigenvalue weighted by atomic mass is 33.1. The summed E-state index contributed by atoms with van der Waals surface area (Å²) in [6.07, 6.45) is 0. The molecule has 2 atom stereocenters. The summed E-state index contributed by atoms with van der Waals surface area (Å²) in [7, 11) is 3.50. The van der Waals surface area contributed by atoms with E-state index in [1.165, 1.54) is 0 Å². The molecule has 2 amide bonds. The van der Waals surface area contributed by atoms with Crippen LogP contribution in [0.3, 0.4) is 0 Å². The highest BCUT2D eigenvalue weighted by molar-refractivity contribution is 8.82. The summed E-state index contributed by atoms with van der Waals surface area (Å²) in [5.41, 5.74) is 1.35. The Kier molecular flexibility index (Phi) is 6.72. The molecule has 4 nitrogen and oxygen atoms in total. The maximum absolute atomic E-state index is 12.1. The zero-order chi connectivity index (χ0) is 17.5. The van der Waals surface area contributed by atoms with Gasteiger partial charge in [-0.2, -0.15) is 0 Å². The summed E-state index contributed by atoms with van der Waals surface area (Å²) < 4.78 is 0.576. The number of thioether (sulfide) groups is 1. The van der Waals surface area contributed by atoms with E-state index in [0.717, 1.165) is 0 Å². The fourth-order valence-corrected chi connectivity index (χ4v) is 7.65. The first-order valence-corrected chi connectivity index (χ1v) is 11.1. The molecule has 0 saturated carbocycles. The molecule has 7 heteroatoms. The van der Waals surface area contributed by atoms with Gasteiger partial charge in [0, 0.05) is 24.2 Å². The lowest BCUT2D eigenvalue weighted by molar-refractivity contribution is 0.0948. The molecule has 2 aromatic carbocycles. The van der Waals surface area contributed by atoms with Crippen LogP contribution < -0.4 is 10.6 Å². The van der Waals surface area contributed by atoms with Crippen molar-refractivity contribution >= 4 is 45.2 Å². The van der Waals surface area contributed by atoms with Crippen molar-refractivity contribution in [3.8, 4) is 0 Å². The van der Waals surface area contributed by atoms with Gasteiger partial charge in [-0.1, -0.05) is 58.0 Å². The molecule has 1 saturated heterocycles. The van der Waals surface area contributed by atoms with E-state index in [2.05, 4.69) is 10.6 Å².